The average molecular weight is 422 g/mol. The van der Waals surface area contributed by atoms with Gasteiger partial charge in [0.2, 0.25) is 0 Å². The Morgan fingerprint density at radius 3 is 2.62 bits per heavy atom. The van der Waals surface area contributed by atoms with Crippen LogP contribution in [0.1, 0.15) is 33.3 Å². The molecule has 0 spiro atoms. The fraction of sp³-hybridized carbons (Fsp3) is 0.400. The van der Waals surface area contributed by atoms with Gasteiger partial charge in [-0.2, -0.15) is 0 Å². The van der Waals surface area contributed by atoms with Crippen molar-refractivity contribution in [1.29, 1.82) is 0 Å². The number of carbonyl (C=O) groups excluding carboxylic acids is 2. The van der Waals surface area contributed by atoms with Crippen molar-refractivity contribution >= 4 is 33.9 Å². The Morgan fingerprint density at radius 2 is 2.04 bits per heavy atom. The van der Waals surface area contributed by atoms with Crippen LogP contribution in [0.2, 0.25) is 0 Å². The first-order chi connectivity index (χ1) is 12.3. The summed E-state index contributed by atoms with van der Waals surface area (Å²) in [5.41, 5.74) is 1.99. The van der Waals surface area contributed by atoms with Crippen LogP contribution >= 0.6 is 15.9 Å². The van der Waals surface area contributed by atoms with E-state index in [-0.39, 0.29) is 18.4 Å². The molecule has 1 aromatic carbocycles. The first kappa shape index (κ1) is 20.2. The molecule has 1 aliphatic heterocycles. The number of rotatable bonds is 6. The highest BCUT2D eigenvalue weighted by Gasteiger charge is 2.37. The van der Waals surface area contributed by atoms with E-state index in [1.54, 1.807) is 31.9 Å². The topological polar surface area (TPSA) is 55.8 Å². The molecule has 6 heteroatoms. The smallest absolute Gasteiger partial charge is 0.340 e. The van der Waals surface area contributed by atoms with Crippen LogP contribution in [0.15, 0.2) is 39.5 Å². The van der Waals surface area contributed by atoms with Crippen molar-refractivity contribution in [3.8, 4) is 5.75 Å². The zero-order valence-corrected chi connectivity index (χ0v) is 17.3. The summed E-state index contributed by atoms with van der Waals surface area (Å²) in [6.07, 6.45) is 1.70. The summed E-state index contributed by atoms with van der Waals surface area (Å²) in [6, 6.07) is 5.51. The van der Waals surface area contributed by atoms with E-state index < -0.39 is 5.97 Å². The van der Waals surface area contributed by atoms with E-state index in [2.05, 4.69) is 15.9 Å². The highest BCUT2D eigenvalue weighted by molar-refractivity contribution is 9.10. The molecule has 0 unspecified atom stereocenters. The monoisotopic (exact) mass is 421 g/mol. The number of ether oxygens (including phenoxy) is 2. The van der Waals surface area contributed by atoms with Gasteiger partial charge in [-0.1, -0.05) is 29.8 Å². The van der Waals surface area contributed by atoms with Crippen molar-refractivity contribution in [2.45, 2.75) is 27.7 Å². The van der Waals surface area contributed by atoms with E-state index in [0.717, 1.165) is 4.47 Å². The van der Waals surface area contributed by atoms with Crippen LogP contribution in [0.5, 0.6) is 5.75 Å². The molecule has 0 N–H and O–H groups in total. The van der Waals surface area contributed by atoms with Gasteiger partial charge >= 0.3 is 5.97 Å². The summed E-state index contributed by atoms with van der Waals surface area (Å²) in [4.78, 5) is 27.2. The molecule has 0 aliphatic carbocycles. The molecular weight excluding hydrogens is 398 g/mol. The number of allylic oxidation sites excluding steroid dienone is 1. The predicted octanol–water partition coefficient (Wildman–Crippen LogP) is 4.18. The van der Waals surface area contributed by atoms with Gasteiger partial charge in [-0.05, 0) is 44.0 Å². The fourth-order valence-corrected chi connectivity index (χ4v) is 3.27. The Balaban J connectivity index is 2.59. The first-order valence-corrected chi connectivity index (χ1v) is 9.34. The second-order valence-electron chi connectivity index (χ2n) is 6.43. The first-order valence-electron chi connectivity index (χ1n) is 8.55. The zero-order chi connectivity index (χ0) is 19.4. The second kappa shape index (κ2) is 8.54. The maximum atomic E-state index is 13.0. The summed E-state index contributed by atoms with van der Waals surface area (Å²) in [5.74, 6) is 0.222. The third kappa shape index (κ3) is 4.18. The van der Waals surface area contributed by atoms with Crippen LogP contribution in [0.3, 0.4) is 0 Å². The molecular formula is C20H24BrNO4. The number of nitrogens with zero attached hydrogens (tertiary/aromatic N) is 1. The van der Waals surface area contributed by atoms with Crippen molar-refractivity contribution in [2.75, 3.05) is 20.3 Å². The van der Waals surface area contributed by atoms with Gasteiger partial charge in [0.05, 0.1) is 24.9 Å². The van der Waals surface area contributed by atoms with Gasteiger partial charge < -0.3 is 14.4 Å². The van der Waals surface area contributed by atoms with Crippen molar-refractivity contribution in [3.05, 3.63) is 45.1 Å². The molecule has 1 aliphatic rings. The number of esters is 1. The number of halogens is 1. The number of amides is 1. The molecule has 1 aromatic rings. The maximum absolute atomic E-state index is 13.0. The molecule has 0 bridgehead atoms. The van der Waals surface area contributed by atoms with Crippen molar-refractivity contribution in [1.82, 2.24) is 4.90 Å². The lowest BCUT2D eigenvalue weighted by Crippen LogP contribution is -2.28. The van der Waals surface area contributed by atoms with Crippen molar-refractivity contribution in [2.24, 2.45) is 5.92 Å². The summed E-state index contributed by atoms with van der Waals surface area (Å²) < 4.78 is 11.4. The van der Waals surface area contributed by atoms with Crippen molar-refractivity contribution < 1.29 is 19.1 Å². The van der Waals surface area contributed by atoms with Gasteiger partial charge in [0.25, 0.3) is 5.91 Å². The molecule has 0 saturated carbocycles. The van der Waals surface area contributed by atoms with Crippen LogP contribution < -0.4 is 4.74 Å². The highest BCUT2D eigenvalue weighted by Crippen LogP contribution is 2.34. The van der Waals surface area contributed by atoms with Crippen LogP contribution in [0.25, 0.3) is 6.08 Å². The van der Waals surface area contributed by atoms with E-state index in [1.165, 1.54) is 0 Å². The molecule has 0 radical (unpaired) electrons. The Labute approximate surface area is 162 Å². The molecule has 26 heavy (non-hydrogen) atoms. The van der Waals surface area contributed by atoms with Gasteiger partial charge in [0.1, 0.15) is 5.75 Å². The Kier molecular flexibility index (Phi) is 6.64. The summed E-state index contributed by atoms with van der Waals surface area (Å²) >= 11 is 3.43. The third-order valence-corrected chi connectivity index (χ3v) is 4.52. The van der Waals surface area contributed by atoms with E-state index in [1.807, 2.05) is 32.0 Å². The second-order valence-corrected chi connectivity index (χ2v) is 7.35. The Morgan fingerprint density at radius 1 is 1.35 bits per heavy atom. The molecule has 2 rings (SSSR count). The minimum Gasteiger partial charge on any atom is -0.496 e. The zero-order valence-electron chi connectivity index (χ0n) is 15.8. The Bertz CT molecular complexity index is 780. The standard InChI is InChI=1S/C20H24BrNO4/c1-6-26-20(24)18-13(4)22(11-12(2)3)19(23)16(18)10-14-9-15(21)7-8-17(14)25-5/h7-10,12H,6,11H2,1-5H3/b16-10-. The quantitative estimate of drug-likeness (QED) is 0.510. The summed E-state index contributed by atoms with van der Waals surface area (Å²) in [7, 11) is 1.57. The predicted molar refractivity (Wildman–Crippen MR) is 105 cm³/mol. The molecule has 5 nitrogen and oxygen atoms in total. The molecule has 0 fully saturated rings. The minimum absolute atomic E-state index is 0.193. The SMILES string of the molecule is CCOC(=O)C1=C(C)N(CC(C)C)C(=O)/C1=C\c1cc(Br)ccc1OC. The number of methoxy groups -OCH3 is 1. The largest absolute Gasteiger partial charge is 0.496 e. The lowest BCUT2D eigenvalue weighted by molar-refractivity contribution is -0.138. The number of benzene rings is 1. The molecule has 0 aromatic heterocycles. The van der Waals surface area contributed by atoms with Crippen molar-refractivity contribution in [3.63, 3.8) is 0 Å². The summed E-state index contributed by atoms with van der Waals surface area (Å²) in [5, 5.41) is 0. The van der Waals surface area contributed by atoms with Gasteiger partial charge in [-0.3, -0.25) is 4.79 Å². The fourth-order valence-electron chi connectivity index (χ4n) is 2.89. The van der Waals surface area contributed by atoms with Crippen LogP contribution in [0, 0.1) is 5.92 Å². The lowest BCUT2D eigenvalue weighted by atomic mass is 10.0. The molecule has 140 valence electrons. The van der Waals surface area contributed by atoms with Crippen LogP contribution in [-0.2, 0) is 14.3 Å². The van der Waals surface area contributed by atoms with E-state index in [9.17, 15) is 9.59 Å². The van der Waals surface area contributed by atoms with Crippen LogP contribution in [0.4, 0.5) is 0 Å². The Hall–Kier alpha value is -2.08. The number of hydrogen-bond acceptors (Lipinski definition) is 4. The number of hydrogen-bond donors (Lipinski definition) is 0. The molecule has 1 amide bonds. The molecule has 1 heterocycles. The minimum atomic E-state index is -0.482. The number of carbonyl (C=O) groups is 2. The van der Waals surface area contributed by atoms with E-state index >= 15 is 0 Å². The van der Waals surface area contributed by atoms with Gasteiger partial charge in [0, 0.05) is 22.3 Å². The highest BCUT2D eigenvalue weighted by atomic mass is 79.9. The average Bonchev–Trinajstić information content (AvgIpc) is 2.79. The normalized spacial score (nSPS) is 16.0. The van der Waals surface area contributed by atoms with E-state index in [0.29, 0.717) is 34.7 Å². The maximum Gasteiger partial charge on any atom is 0.340 e. The van der Waals surface area contributed by atoms with E-state index in [4.69, 9.17) is 9.47 Å². The third-order valence-electron chi connectivity index (χ3n) is 4.03. The van der Waals surface area contributed by atoms with Gasteiger partial charge in [-0.25, -0.2) is 4.79 Å². The van der Waals surface area contributed by atoms with Gasteiger partial charge in [0.15, 0.2) is 0 Å². The lowest BCUT2D eigenvalue weighted by Gasteiger charge is -2.20. The summed E-state index contributed by atoms with van der Waals surface area (Å²) in [6.45, 7) is 8.39. The molecule has 0 saturated heterocycles. The van der Waals surface area contributed by atoms with Crippen LogP contribution in [-0.4, -0.2) is 37.0 Å². The molecule has 0 atom stereocenters. The van der Waals surface area contributed by atoms with Gasteiger partial charge in [-0.15, -0.1) is 0 Å².